The van der Waals surface area contributed by atoms with E-state index in [1.807, 2.05) is 0 Å². The molecule has 16 heavy (non-hydrogen) atoms. The molecule has 0 aliphatic rings. The molecule has 0 bridgehead atoms. The summed E-state index contributed by atoms with van der Waals surface area (Å²) in [4.78, 5) is 0. The van der Waals surface area contributed by atoms with Crippen molar-refractivity contribution in [3.63, 3.8) is 0 Å². The van der Waals surface area contributed by atoms with E-state index in [4.69, 9.17) is 5.73 Å². The number of hydrogen-bond acceptors (Lipinski definition) is 3. The minimum atomic E-state index is -3.46. The van der Waals surface area contributed by atoms with E-state index in [1.165, 1.54) is 4.31 Å². The minimum absolute atomic E-state index is 0.360. The van der Waals surface area contributed by atoms with Crippen LogP contribution in [0.4, 0.5) is 11.4 Å². The standard InChI is InChI=1S/C10H17N3O2S/c1-3-12-16(14,15)13(4-2)10-7-5-6-9(11)8-10/h5-8,12H,3-4,11H2,1-2H3. The average Bonchev–Trinajstić information content (AvgIpc) is 2.18. The molecule has 0 aromatic heterocycles. The van der Waals surface area contributed by atoms with Gasteiger partial charge in [0.25, 0.3) is 0 Å². The predicted octanol–water partition coefficient (Wildman–Crippen LogP) is 0.949. The molecular weight excluding hydrogens is 226 g/mol. The van der Waals surface area contributed by atoms with Gasteiger partial charge in [0.1, 0.15) is 0 Å². The van der Waals surface area contributed by atoms with Crippen LogP contribution in [-0.2, 0) is 10.2 Å². The molecule has 0 fully saturated rings. The number of nitrogens with zero attached hydrogens (tertiary/aromatic N) is 1. The molecule has 0 amide bonds. The lowest BCUT2D eigenvalue weighted by atomic mass is 10.3. The Labute approximate surface area is 96.4 Å². The summed E-state index contributed by atoms with van der Waals surface area (Å²) in [5, 5.41) is 0. The number of benzene rings is 1. The second-order valence-corrected chi connectivity index (χ2v) is 4.94. The third kappa shape index (κ3) is 2.86. The molecule has 0 aliphatic heterocycles. The van der Waals surface area contributed by atoms with E-state index in [1.54, 1.807) is 38.1 Å². The normalized spacial score (nSPS) is 11.4. The third-order valence-corrected chi connectivity index (χ3v) is 3.77. The van der Waals surface area contributed by atoms with E-state index >= 15 is 0 Å². The van der Waals surface area contributed by atoms with E-state index < -0.39 is 10.2 Å². The number of rotatable bonds is 5. The highest BCUT2D eigenvalue weighted by Gasteiger charge is 2.19. The van der Waals surface area contributed by atoms with Crippen molar-refractivity contribution in [2.24, 2.45) is 0 Å². The monoisotopic (exact) mass is 243 g/mol. The predicted molar refractivity (Wildman–Crippen MR) is 66.5 cm³/mol. The first-order valence-corrected chi connectivity index (χ1v) is 6.58. The zero-order chi connectivity index (χ0) is 12.2. The lowest BCUT2D eigenvalue weighted by Crippen LogP contribution is -2.40. The van der Waals surface area contributed by atoms with E-state index in [9.17, 15) is 8.42 Å². The number of nitrogens with two attached hydrogens (primary N) is 1. The lowest BCUT2D eigenvalue weighted by molar-refractivity contribution is 0.579. The Kier molecular flexibility index (Phi) is 4.14. The van der Waals surface area contributed by atoms with Crippen molar-refractivity contribution in [1.82, 2.24) is 4.72 Å². The van der Waals surface area contributed by atoms with Gasteiger partial charge in [-0.1, -0.05) is 13.0 Å². The number of hydrogen-bond donors (Lipinski definition) is 2. The summed E-state index contributed by atoms with van der Waals surface area (Å²) in [6, 6.07) is 6.80. The number of nitrogens with one attached hydrogen (secondary N) is 1. The molecule has 0 aliphatic carbocycles. The molecule has 0 saturated carbocycles. The summed E-state index contributed by atoms with van der Waals surface area (Å²) in [7, 11) is -3.46. The van der Waals surface area contributed by atoms with Crippen molar-refractivity contribution in [3.8, 4) is 0 Å². The van der Waals surface area contributed by atoms with Crippen LogP contribution >= 0.6 is 0 Å². The zero-order valence-electron chi connectivity index (χ0n) is 9.47. The molecule has 3 N–H and O–H groups in total. The van der Waals surface area contributed by atoms with Crippen molar-refractivity contribution >= 4 is 21.6 Å². The van der Waals surface area contributed by atoms with E-state index in [-0.39, 0.29) is 0 Å². The molecule has 0 atom stereocenters. The maximum absolute atomic E-state index is 11.8. The van der Waals surface area contributed by atoms with Crippen molar-refractivity contribution in [2.45, 2.75) is 13.8 Å². The van der Waals surface area contributed by atoms with Crippen LogP contribution in [0.1, 0.15) is 13.8 Å². The van der Waals surface area contributed by atoms with Crippen LogP contribution in [0, 0.1) is 0 Å². The Hall–Kier alpha value is -1.27. The number of anilines is 2. The first-order valence-electron chi connectivity index (χ1n) is 5.14. The SMILES string of the molecule is CCNS(=O)(=O)N(CC)c1cccc(N)c1. The van der Waals surface area contributed by atoms with Crippen LogP contribution < -0.4 is 14.8 Å². The summed E-state index contributed by atoms with van der Waals surface area (Å²) in [6.45, 7) is 4.24. The fourth-order valence-corrected chi connectivity index (χ4v) is 2.68. The molecule has 90 valence electrons. The molecule has 1 aromatic carbocycles. The van der Waals surface area contributed by atoms with Gasteiger partial charge in [-0.2, -0.15) is 13.1 Å². The highest BCUT2D eigenvalue weighted by atomic mass is 32.2. The fourth-order valence-electron chi connectivity index (χ4n) is 1.43. The highest BCUT2D eigenvalue weighted by Crippen LogP contribution is 2.19. The van der Waals surface area contributed by atoms with Gasteiger partial charge in [0.05, 0.1) is 5.69 Å². The molecule has 5 nitrogen and oxygen atoms in total. The molecule has 0 spiro atoms. The van der Waals surface area contributed by atoms with E-state index in [0.717, 1.165) is 0 Å². The van der Waals surface area contributed by atoms with E-state index in [0.29, 0.717) is 24.5 Å². The zero-order valence-corrected chi connectivity index (χ0v) is 10.3. The quantitative estimate of drug-likeness (QED) is 0.756. The molecular formula is C10H17N3O2S. The molecule has 6 heteroatoms. The smallest absolute Gasteiger partial charge is 0.301 e. The van der Waals surface area contributed by atoms with Gasteiger partial charge in [0.2, 0.25) is 0 Å². The van der Waals surface area contributed by atoms with Crippen molar-refractivity contribution in [3.05, 3.63) is 24.3 Å². The molecule has 0 saturated heterocycles. The topological polar surface area (TPSA) is 75.4 Å². The average molecular weight is 243 g/mol. The second kappa shape index (κ2) is 5.18. The molecule has 1 rings (SSSR count). The van der Waals surface area contributed by atoms with E-state index in [2.05, 4.69) is 4.72 Å². The summed E-state index contributed by atoms with van der Waals surface area (Å²) in [6.07, 6.45) is 0. The van der Waals surface area contributed by atoms with Crippen LogP contribution in [0.2, 0.25) is 0 Å². The second-order valence-electron chi connectivity index (χ2n) is 3.26. The first kappa shape index (κ1) is 12.8. The van der Waals surface area contributed by atoms with Crippen LogP contribution in [0.3, 0.4) is 0 Å². The van der Waals surface area contributed by atoms with Crippen LogP contribution in [-0.4, -0.2) is 21.5 Å². The summed E-state index contributed by atoms with van der Waals surface area (Å²) >= 11 is 0. The molecule has 1 aromatic rings. The first-order chi connectivity index (χ1) is 7.51. The van der Waals surface area contributed by atoms with Gasteiger partial charge in [-0.25, -0.2) is 0 Å². The summed E-state index contributed by atoms with van der Waals surface area (Å²) in [5.41, 5.74) is 6.74. The Bertz CT molecular complexity index is 445. The van der Waals surface area contributed by atoms with Crippen molar-refractivity contribution in [2.75, 3.05) is 23.1 Å². The van der Waals surface area contributed by atoms with Gasteiger partial charge in [0, 0.05) is 18.8 Å². The highest BCUT2D eigenvalue weighted by molar-refractivity contribution is 7.90. The van der Waals surface area contributed by atoms with Gasteiger partial charge < -0.3 is 5.73 Å². The van der Waals surface area contributed by atoms with Gasteiger partial charge in [0.15, 0.2) is 0 Å². The Morgan fingerprint density at radius 3 is 2.56 bits per heavy atom. The Morgan fingerprint density at radius 1 is 1.38 bits per heavy atom. The summed E-state index contributed by atoms with van der Waals surface area (Å²) in [5.74, 6) is 0. The van der Waals surface area contributed by atoms with Crippen molar-refractivity contribution < 1.29 is 8.42 Å². The van der Waals surface area contributed by atoms with Crippen LogP contribution in [0.5, 0.6) is 0 Å². The maximum Gasteiger partial charge on any atom is 0.301 e. The Morgan fingerprint density at radius 2 is 2.06 bits per heavy atom. The molecule has 0 heterocycles. The fraction of sp³-hybridized carbons (Fsp3) is 0.400. The van der Waals surface area contributed by atoms with Crippen LogP contribution in [0.15, 0.2) is 24.3 Å². The molecule has 0 radical (unpaired) electrons. The lowest BCUT2D eigenvalue weighted by Gasteiger charge is -2.22. The van der Waals surface area contributed by atoms with Gasteiger partial charge in [-0.05, 0) is 25.1 Å². The van der Waals surface area contributed by atoms with Crippen LogP contribution in [0.25, 0.3) is 0 Å². The third-order valence-electron chi connectivity index (χ3n) is 2.06. The van der Waals surface area contributed by atoms with Gasteiger partial charge in [-0.15, -0.1) is 0 Å². The van der Waals surface area contributed by atoms with Gasteiger partial charge in [-0.3, -0.25) is 4.31 Å². The summed E-state index contributed by atoms with van der Waals surface area (Å²) < 4.78 is 27.4. The minimum Gasteiger partial charge on any atom is -0.399 e. The molecule has 0 unspecified atom stereocenters. The Balaban J connectivity index is 3.08. The largest absolute Gasteiger partial charge is 0.399 e. The number of nitrogen functional groups attached to an aromatic ring is 1. The van der Waals surface area contributed by atoms with Crippen molar-refractivity contribution in [1.29, 1.82) is 0 Å². The maximum atomic E-state index is 11.8. The van der Waals surface area contributed by atoms with Gasteiger partial charge >= 0.3 is 10.2 Å².